The average Bonchev–Trinajstić information content (AvgIpc) is 2.47. The molecule has 1 aromatic heterocycles. The number of hydrogen-bond donors (Lipinski definition) is 1. The molecule has 1 aromatic carbocycles. The summed E-state index contributed by atoms with van der Waals surface area (Å²) >= 11 is 3.04. The number of nitrogens with zero attached hydrogens (tertiary/aromatic N) is 1. The molecule has 0 unspecified atom stereocenters. The first-order chi connectivity index (χ1) is 9.61. The van der Waals surface area contributed by atoms with Gasteiger partial charge in [-0.15, -0.1) is 0 Å². The summed E-state index contributed by atoms with van der Waals surface area (Å²) in [6.07, 6.45) is 1.62. The second-order valence-corrected chi connectivity index (χ2v) is 4.99. The van der Waals surface area contributed by atoms with Crippen molar-refractivity contribution in [2.24, 2.45) is 0 Å². The van der Waals surface area contributed by atoms with Gasteiger partial charge in [0.15, 0.2) is 0 Å². The zero-order chi connectivity index (χ0) is 14.5. The van der Waals surface area contributed by atoms with E-state index < -0.39 is 11.6 Å². The van der Waals surface area contributed by atoms with E-state index in [0.29, 0.717) is 12.4 Å². The molecule has 1 heterocycles. The van der Waals surface area contributed by atoms with E-state index in [1.165, 1.54) is 19.2 Å². The third-order valence-electron chi connectivity index (χ3n) is 2.78. The molecule has 0 saturated carbocycles. The summed E-state index contributed by atoms with van der Waals surface area (Å²) in [4.78, 5) is 3.99. The van der Waals surface area contributed by atoms with Crippen LogP contribution in [-0.4, -0.2) is 12.1 Å². The number of aromatic nitrogens is 1. The summed E-state index contributed by atoms with van der Waals surface area (Å²) in [5.41, 5.74) is 0.938. The van der Waals surface area contributed by atoms with Crippen molar-refractivity contribution in [3.05, 3.63) is 57.7 Å². The first-order valence-corrected chi connectivity index (χ1v) is 6.73. The second kappa shape index (κ2) is 6.76. The summed E-state index contributed by atoms with van der Waals surface area (Å²) < 4.78 is 32.6. The summed E-state index contributed by atoms with van der Waals surface area (Å²) in [6.45, 7) is 0.562. The van der Waals surface area contributed by atoms with Crippen LogP contribution in [-0.2, 0) is 13.1 Å². The number of benzene rings is 1. The highest BCUT2D eigenvalue weighted by atomic mass is 79.9. The molecule has 0 aliphatic rings. The molecule has 0 atom stereocenters. The fraction of sp³-hybridized carbons (Fsp3) is 0.214. The number of nitrogens with one attached hydrogen (secondary N) is 1. The molecule has 0 spiro atoms. The quantitative estimate of drug-likeness (QED) is 0.845. The second-order valence-electron chi connectivity index (χ2n) is 4.13. The molecule has 0 aliphatic carbocycles. The highest BCUT2D eigenvalue weighted by molar-refractivity contribution is 9.10. The maximum Gasteiger partial charge on any atom is 0.213 e. The molecule has 1 N–H and O–H groups in total. The van der Waals surface area contributed by atoms with Crippen LogP contribution in [0, 0.1) is 11.6 Å². The lowest BCUT2D eigenvalue weighted by atomic mass is 10.2. The van der Waals surface area contributed by atoms with Gasteiger partial charge in [-0.05, 0) is 39.7 Å². The zero-order valence-corrected chi connectivity index (χ0v) is 12.4. The van der Waals surface area contributed by atoms with Crippen molar-refractivity contribution in [1.29, 1.82) is 0 Å². The predicted octanol–water partition coefficient (Wildman–Crippen LogP) is 3.42. The standard InChI is InChI=1S/C14H13BrF2N2O/c1-20-13-6-9(4-5-19-13)7-18-8-10-12(16)3-2-11(15)14(10)17/h2-6,18H,7-8H2,1H3. The number of halogens is 3. The Kier molecular flexibility index (Phi) is 5.03. The molecule has 0 radical (unpaired) electrons. The third-order valence-corrected chi connectivity index (χ3v) is 3.39. The highest BCUT2D eigenvalue weighted by Gasteiger charge is 2.11. The third kappa shape index (κ3) is 3.52. The summed E-state index contributed by atoms with van der Waals surface area (Å²) in [7, 11) is 1.53. The minimum atomic E-state index is -0.579. The summed E-state index contributed by atoms with van der Waals surface area (Å²) in [5.74, 6) is -0.639. The molecule has 2 rings (SSSR count). The van der Waals surface area contributed by atoms with Crippen molar-refractivity contribution < 1.29 is 13.5 Å². The predicted molar refractivity (Wildman–Crippen MR) is 75.4 cm³/mol. The van der Waals surface area contributed by atoms with Crippen molar-refractivity contribution in [1.82, 2.24) is 10.3 Å². The van der Waals surface area contributed by atoms with E-state index >= 15 is 0 Å². The Balaban J connectivity index is 2.01. The average molecular weight is 343 g/mol. The number of ether oxygens (including phenoxy) is 1. The first kappa shape index (κ1) is 14.9. The molecule has 6 heteroatoms. The maximum absolute atomic E-state index is 13.8. The van der Waals surface area contributed by atoms with E-state index in [1.54, 1.807) is 12.3 Å². The molecule has 0 bridgehead atoms. The van der Waals surface area contributed by atoms with Crippen molar-refractivity contribution in [2.45, 2.75) is 13.1 Å². The lowest BCUT2D eigenvalue weighted by Gasteiger charge is -2.09. The molecule has 0 amide bonds. The molecule has 0 saturated heterocycles. The molecule has 2 aromatic rings. The van der Waals surface area contributed by atoms with Gasteiger partial charge in [0.05, 0.1) is 11.6 Å². The lowest BCUT2D eigenvalue weighted by Crippen LogP contribution is -2.15. The van der Waals surface area contributed by atoms with Crippen LogP contribution in [0.4, 0.5) is 8.78 Å². The Labute approximate surface area is 124 Å². The van der Waals surface area contributed by atoms with Gasteiger partial charge >= 0.3 is 0 Å². The van der Waals surface area contributed by atoms with E-state index in [4.69, 9.17) is 4.74 Å². The Morgan fingerprint density at radius 1 is 1.25 bits per heavy atom. The summed E-state index contributed by atoms with van der Waals surface area (Å²) in [5, 5.41) is 2.99. The van der Waals surface area contributed by atoms with Gasteiger partial charge in [-0.2, -0.15) is 0 Å². The van der Waals surface area contributed by atoms with Crippen molar-refractivity contribution in [3.63, 3.8) is 0 Å². The molecule has 106 valence electrons. The van der Waals surface area contributed by atoms with Crippen LogP contribution in [0.1, 0.15) is 11.1 Å². The van der Waals surface area contributed by atoms with Gasteiger partial charge in [-0.3, -0.25) is 0 Å². The van der Waals surface area contributed by atoms with Crippen LogP contribution < -0.4 is 10.1 Å². The molecular weight excluding hydrogens is 330 g/mol. The van der Waals surface area contributed by atoms with E-state index in [-0.39, 0.29) is 16.6 Å². The van der Waals surface area contributed by atoms with Gasteiger partial charge in [0.2, 0.25) is 5.88 Å². The molecule has 3 nitrogen and oxygen atoms in total. The topological polar surface area (TPSA) is 34.1 Å². The Morgan fingerprint density at radius 3 is 2.80 bits per heavy atom. The van der Waals surface area contributed by atoms with Crippen molar-refractivity contribution >= 4 is 15.9 Å². The van der Waals surface area contributed by atoms with Crippen LogP contribution in [0.3, 0.4) is 0 Å². The number of methoxy groups -OCH3 is 1. The van der Waals surface area contributed by atoms with Crippen LogP contribution in [0.15, 0.2) is 34.9 Å². The highest BCUT2D eigenvalue weighted by Crippen LogP contribution is 2.21. The van der Waals surface area contributed by atoms with Gasteiger partial charge in [-0.1, -0.05) is 0 Å². The normalized spacial score (nSPS) is 10.6. The molecule has 0 aliphatic heterocycles. The van der Waals surface area contributed by atoms with E-state index in [0.717, 1.165) is 5.56 Å². The van der Waals surface area contributed by atoms with Crippen LogP contribution in [0.25, 0.3) is 0 Å². The monoisotopic (exact) mass is 342 g/mol. The molecular formula is C14H13BrF2N2O. The Morgan fingerprint density at radius 2 is 2.05 bits per heavy atom. The number of hydrogen-bond acceptors (Lipinski definition) is 3. The minimum absolute atomic E-state index is 0.0143. The van der Waals surface area contributed by atoms with Crippen LogP contribution in [0.5, 0.6) is 5.88 Å². The van der Waals surface area contributed by atoms with Gasteiger partial charge in [-0.25, -0.2) is 13.8 Å². The fourth-order valence-corrected chi connectivity index (χ4v) is 2.11. The van der Waals surface area contributed by atoms with E-state index in [9.17, 15) is 8.78 Å². The Bertz CT molecular complexity index is 608. The first-order valence-electron chi connectivity index (χ1n) is 5.94. The van der Waals surface area contributed by atoms with Gasteiger partial charge in [0, 0.05) is 30.9 Å². The fourth-order valence-electron chi connectivity index (χ4n) is 1.73. The Hall–Kier alpha value is -1.53. The largest absolute Gasteiger partial charge is 0.481 e. The smallest absolute Gasteiger partial charge is 0.213 e. The molecule has 20 heavy (non-hydrogen) atoms. The van der Waals surface area contributed by atoms with E-state index in [2.05, 4.69) is 26.2 Å². The zero-order valence-electron chi connectivity index (χ0n) is 10.8. The van der Waals surface area contributed by atoms with Gasteiger partial charge < -0.3 is 10.1 Å². The summed E-state index contributed by atoms with van der Waals surface area (Å²) in [6, 6.07) is 6.16. The minimum Gasteiger partial charge on any atom is -0.481 e. The van der Waals surface area contributed by atoms with Crippen molar-refractivity contribution in [3.8, 4) is 5.88 Å². The van der Waals surface area contributed by atoms with E-state index in [1.807, 2.05) is 6.07 Å². The number of pyridine rings is 1. The SMILES string of the molecule is COc1cc(CNCc2c(F)ccc(Br)c2F)ccn1. The van der Waals surface area contributed by atoms with Gasteiger partial charge in [0.25, 0.3) is 0 Å². The van der Waals surface area contributed by atoms with Crippen LogP contribution >= 0.6 is 15.9 Å². The number of rotatable bonds is 5. The van der Waals surface area contributed by atoms with Crippen molar-refractivity contribution in [2.75, 3.05) is 7.11 Å². The maximum atomic E-state index is 13.8. The van der Waals surface area contributed by atoms with Crippen LogP contribution in [0.2, 0.25) is 0 Å². The van der Waals surface area contributed by atoms with Gasteiger partial charge in [0.1, 0.15) is 11.6 Å². The lowest BCUT2D eigenvalue weighted by molar-refractivity contribution is 0.397. The molecule has 0 fully saturated rings.